The third-order valence-electron chi connectivity index (χ3n) is 7.39. The quantitative estimate of drug-likeness (QED) is 0.582. The van der Waals surface area contributed by atoms with Crippen LogP contribution in [0.2, 0.25) is 5.02 Å². The highest BCUT2D eigenvalue weighted by atomic mass is 35.5. The van der Waals surface area contributed by atoms with Crippen LogP contribution in [0.1, 0.15) is 31.2 Å². The Hall–Kier alpha value is -2.61. The predicted octanol–water partition coefficient (Wildman–Crippen LogP) is 3.85. The summed E-state index contributed by atoms with van der Waals surface area (Å²) in [5.41, 5.74) is 5.84. The topological polar surface area (TPSA) is 90.7 Å². The number of carbonyl (C=O) groups is 2. The first-order chi connectivity index (χ1) is 16.4. The molecule has 8 heteroatoms. The Bertz CT molecular complexity index is 970. The normalized spacial score (nSPS) is 20.4. The summed E-state index contributed by atoms with van der Waals surface area (Å²) in [5, 5.41) is 6.32. The Labute approximate surface area is 206 Å². The fraction of sp³-hybridized carbons (Fsp3) is 0.462. The molecule has 2 aliphatic rings. The van der Waals surface area contributed by atoms with Gasteiger partial charge in [0, 0.05) is 29.4 Å². The highest BCUT2D eigenvalue weighted by molar-refractivity contribution is 6.30. The van der Waals surface area contributed by atoms with Crippen LogP contribution < -0.4 is 16.4 Å². The number of anilines is 1. The minimum atomic E-state index is -1.43. The van der Waals surface area contributed by atoms with Crippen molar-refractivity contribution in [1.29, 1.82) is 0 Å². The first-order valence-corrected chi connectivity index (χ1v) is 12.4. The third-order valence-corrected chi connectivity index (χ3v) is 7.64. The average Bonchev–Trinajstić information content (AvgIpc) is 2.85. The van der Waals surface area contributed by atoms with Crippen molar-refractivity contribution in [3.05, 3.63) is 65.2 Å². The van der Waals surface area contributed by atoms with E-state index in [1.165, 1.54) is 12.8 Å². The van der Waals surface area contributed by atoms with Crippen LogP contribution in [0.4, 0.5) is 10.5 Å². The van der Waals surface area contributed by atoms with E-state index in [9.17, 15) is 9.59 Å². The lowest BCUT2D eigenvalue weighted by atomic mass is 9.78. The van der Waals surface area contributed by atoms with Crippen molar-refractivity contribution >= 4 is 29.2 Å². The van der Waals surface area contributed by atoms with Crippen LogP contribution in [0, 0.1) is 11.8 Å². The van der Waals surface area contributed by atoms with Gasteiger partial charge in [-0.1, -0.05) is 41.9 Å². The zero-order valence-corrected chi connectivity index (χ0v) is 20.4. The molecule has 2 aliphatic heterocycles. The maximum Gasteiger partial charge on any atom is 0.321 e. The van der Waals surface area contributed by atoms with Crippen molar-refractivity contribution in [3.8, 4) is 0 Å². The van der Waals surface area contributed by atoms with Gasteiger partial charge in [0.2, 0.25) is 5.66 Å². The zero-order valence-electron chi connectivity index (χ0n) is 19.7. The van der Waals surface area contributed by atoms with Gasteiger partial charge in [0.15, 0.2) is 0 Å². The molecule has 0 bridgehead atoms. The lowest BCUT2D eigenvalue weighted by molar-refractivity contribution is -0.134. The monoisotopic (exact) mass is 483 g/mol. The summed E-state index contributed by atoms with van der Waals surface area (Å²) in [4.78, 5) is 30.6. The largest absolute Gasteiger partial charge is 0.366 e. The van der Waals surface area contributed by atoms with Crippen LogP contribution in [0.25, 0.3) is 0 Å². The maximum atomic E-state index is 13.1. The van der Waals surface area contributed by atoms with Crippen LogP contribution >= 0.6 is 11.6 Å². The molecular formula is C26H34ClN5O2. The molecule has 2 fully saturated rings. The molecule has 2 heterocycles. The maximum absolute atomic E-state index is 13.1. The fourth-order valence-electron chi connectivity index (χ4n) is 5.44. The van der Waals surface area contributed by atoms with Gasteiger partial charge in [-0.05, 0) is 81.9 Å². The number of piperidine rings is 2. The number of rotatable bonds is 6. The summed E-state index contributed by atoms with van der Waals surface area (Å²) in [6.07, 6.45) is 4.42. The second kappa shape index (κ2) is 10.8. The number of amides is 3. The van der Waals surface area contributed by atoms with E-state index in [2.05, 4.69) is 22.6 Å². The SMILES string of the molecule is CN1CCC(C2CCN([C@@](NC(=O)Nc3ccc(Cl)cc3)(C(N)=O)c3ccccc3)CC2)CC1. The van der Waals surface area contributed by atoms with Gasteiger partial charge >= 0.3 is 6.03 Å². The number of primary amides is 1. The van der Waals surface area contributed by atoms with Crippen molar-refractivity contribution in [2.45, 2.75) is 31.3 Å². The number of likely N-dealkylation sites (tertiary alicyclic amines) is 2. The minimum absolute atomic E-state index is 0.498. The molecule has 2 aromatic carbocycles. The van der Waals surface area contributed by atoms with Crippen LogP contribution in [0.3, 0.4) is 0 Å². The van der Waals surface area contributed by atoms with Crippen LogP contribution in [-0.4, -0.2) is 55.0 Å². The average molecular weight is 484 g/mol. The van der Waals surface area contributed by atoms with Gasteiger partial charge in [0.05, 0.1) is 0 Å². The van der Waals surface area contributed by atoms with Gasteiger partial charge in [0.1, 0.15) is 0 Å². The highest BCUT2D eigenvalue weighted by Gasteiger charge is 2.47. The lowest BCUT2D eigenvalue weighted by Gasteiger charge is -2.47. The van der Waals surface area contributed by atoms with Gasteiger partial charge < -0.3 is 21.3 Å². The Morgan fingerprint density at radius 3 is 2.03 bits per heavy atom. The predicted molar refractivity (Wildman–Crippen MR) is 135 cm³/mol. The Kier molecular flexibility index (Phi) is 7.76. The zero-order chi connectivity index (χ0) is 24.1. The van der Waals surface area contributed by atoms with E-state index in [4.69, 9.17) is 17.3 Å². The van der Waals surface area contributed by atoms with Crippen LogP contribution in [0.5, 0.6) is 0 Å². The molecule has 2 aromatic rings. The second-order valence-corrected chi connectivity index (χ2v) is 9.93. The first kappa shape index (κ1) is 24.5. The molecular weight excluding hydrogens is 450 g/mol. The van der Waals surface area contributed by atoms with Gasteiger partial charge in [-0.2, -0.15) is 0 Å². The number of halogens is 1. The Morgan fingerprint density at radius 1 is 0.912 bits per heavy atom. The molecule has 4 N–H and O–H groups in total. The van der Waals surface area contributed by atoms with Crippen molar-refractivity contribution < 1.29 is 9.59 Å². The summed E-state index contributed by atoms with van der Waals surface area (Å²) < 4.78 is 0. The van der Waals surface area contributed by atoms with E-state index in [-0.39, 0.29) is 0 Å². The summed E-state index contributed by atoms with van der Waals surface area (Å²) in [7, 11) is 2.18. The molecule has 7 nitrogen and oxygen atoms in total. The fourth-order valence-corrected chi connectivity index (χ4v) is 5.56. The number of nitrogens with zero attached hydrogens (tertiary/aromatic N) is 2. The molecule has 4 rings (SSSR count). The van der Waals surface area contributed by atoms with E-state index >= 15 is 0 Å². The van der Waals surface area contributed by atoms with E-state index in [0.717, 1.165) is 31.8 Å². The number of benzene rings is 2. The summed E-state index contributed by atoms with van der Waals surface area (Å²) in [6, 6.07) is 15.6. The molecule has 1 atom stereocenters. The number of hydrogen-bond acceptors (Lipinski definition) is 4. The molecule has 0 spiro atoms. The van der Waals surface area contributed by atoms with Gasteiger partial charge in [0.25, 0.3) is 5.91 Å². The number of carbonyl (C=O) groups excluding carboxylic acids is 2. The summed E-state index contributed by atoms with van der Waals surface area (Å²) in [6.45, 7) is 3.67. The molecule has 2 saturated heterocycles. The summed E-state index contributed by atoms with van der Waals surface area (Å²) >= 11 is 5.95. The molecule has 34 heavy (non-hydrogen) atoms. The Morgan fingerprint density at radius 2 is 1.47 bits per heavy atom. The molecule has 0 aromatic heterocycles. The van der Waals surface area contributed by atoms with Crippen molar-refractivity contribution in [3.63, 3.8) is 0 Å². The molecule has 0 aliphatic carbocycles. The van der Waals surface area contributed by atoms with Crippen molar-refractivity contribution in [2.24, 2.45) is 17.6 Å². The smallest absolute Gasteiger partial charge is 0.321 e. The lowest BCUT2D eigenvalue weighted by Crippen LogP contribution is -2.67. The Balaban J connectivity index is 1.54. The third kappa shape index (κ3) is 5.37. The van der Waals surface area contributed by atoms with Crippen molar-refractivity contribution in [2.75, 3.05) is 38.5 Å². The number of nitrogens with two attached hydrogens (primary N) is 1. The van der Waals surface area contributed by atoms with E-state index in [1.807, 2.05) is 35.2 Å². The molecule has 182 valence electrons. The number of nitrogens with one attached hydrogen (secondary N) is 2. The van der Waals surface area contributed by atoms with Gasteiger partial charge in [-0.15, -0.1) is 0 Å². The molecule has 0 radical (unpaired) electrons. The highest BCUT2D eigenvalue weighted by Crippen LogP contribution is 2.36. The van der Waals surface area contributed by atoms with E-state index in [0.29, 0.717) is 35.3 Å². The molecule has 3 amide bonds. The molecule has 0 saturated carbocycles. The van der Waals surface area contributed by atoms with Crippen LogP contribution in [0.15, 0.2) is 54.6 Å². The minimum Gasteiger partial charge on any atom is -0.366 e. The van der Waals surface area contributed by atoms with E-state index in [1.54, 1.807) is 24.3 Å². The second-order valence-electron chi connectivity index (χ2n) is 9.49. The summed E-state index contributed by atoms with van der Waals surface area (Å²) in [5.74, 6) is 0.760. The number of hydrogen-bond donors (Lipinski definition) is 3. The van der Waals surface area contributed by atoms with Gasteiger partial charge in [-0.25, -0.2) is 4.79 Å². The number of urea groups is 1. The van der Waals surface area contributed by atoms with Crippen molar-refractivity contribution in [1.82, 2.24) is 15.1 Å². The molecule has 0 unspecified atom stereocenters. The first-order valence-electron chi connectivity index (χ1n) is 12.0. The standard InChI is InChI=1S/C26H34ClN5O2/c1-31-15-11-19(12-16-31)20-13-17-32(18-14-20)26(24(28)33,21-5-3-2-4-6-21)30-25(34)29-23-9-7-22(27)8-10-23/h2-10,19-20H,11-18H2,1H3,(H2,28,33)(H2,29,30,34)/t26-/m1/s1. The van der Waals surface area contributed by atoms with E-state index < -0.39 is 17.6 Å². The van der Waals surface area contributed by atoms with Gasteiger partial charge in [-0.3, -0.25) is 9.69 Å². The van der Waals surface area contributed by atoms with Crippen LogP contribution in [-0.2, 0) is 10.5 Å².